The van der Waals surface area contributed by atoms with E-state index >= 15 is 0 Å². The van der Waals surface area contributed by atoms with Gasteiger partial charge in [-0.2, -0.15) is 0 Å². The van der Waals surface area contributed by atoms with Gasteiger partial charge in [0.25, 0.3) is 0 Å². The molecule has 1 saturated heterocycles. The zero-order chi connectivity index (χ0) is 13.8. The molecule has 0 amide bonds. The minimum Gasteiger partial charge on any atom is -0.469 e. The summed E-state index contributed by atoms with van der Waals surface area (Å²) in [7, 11) is 1.32. The van der Waals surface area contributed by atoms with Crippen LogP contribution in [0.25, 0.3) is 0 Å². The first kappa shape index (κ1) is 14.0. The van der Waals surface area contributed by atoms with E-state index in [1.165, 1.54) is 7.11 Å². The number of benzene rings is 1. The lowest BCUT2D eigenvalue weighted by Gasteiger charge is -2.14. The molecule has 1 aliphatic heterocycles. The molecule has 19 heavy (non-hydrogen) atoms. The lowest BCUT2D eigenvalue weighted by Crippen LogP contribution is -2.30. The molecule has 4 atom stereocenters. The van der Waals surface area contributed by atoms with Crippen LogP contribution in [-0.2, 0) is 14.3 Å². The summed E-state index contributed by atoms with van der Waals surface area (Å²) in [5, 5.41) is 20.0. The van der Waals surface area contributed by atoms with Crippen LogP contribution in [0.4, 0.5) is 0 Å². The van der Waals surface area contributed by atoms with Gasteiger partial charge in [-0.1, -0.05) is 30.3 Å². The van der Waals surface area contributed by atoms with Crippen molar-refractivity contribution in [2.45, 2.75) is 37.3 Å². The summed E-state index contributed by atoms with van der Waals surface area (Å²) < 4.78 is 10.2. The van der Waals surface area contributed by atoms with Gasteiger partial charge in [-0.3, -0.25) is 4.79 Å². The van der Waals surface area contributed by atoms with Crippen molar-refractivity contribution in [3.8, 4) is 0 Å². The van der Waals surface area contributed by atoms with Crippen LogP contribution in [0.2, 0.25) is 0 Å². The van der Waals surface area contributed by atoms with Gasteiger partial charge in [-0.15, -0.1) is 0 Å². The van der Waals surface area contributed by atoms with E-state index in [-0.39, 0.29) is 12.4 Å². The van der Waals surface area contributed by atoms with Gasteiger partial charge in [-0.05, 0) is 12.0 Å². The van der Waals surface area contributed by atoms with Gasteiger partial charge >= 0.3 is 5.97 Å². The lowest BCUT2D eigenvalue weighted by molar-refractivity contribution is -0.141. The second kappa shape index (κ2) is 6.14. The highest BCUT2D eigenvalue weighted by Gasteiger charge is 2.43. The van der Waals surface area contributed by atoms with Crippen LogP contribution in [0, 0.1) is 0 Å². The Hall–Kier alpha value is -1.43. The van der Waals surface area contributed by atoms with E-state index in [0.717, 1.165) is 5.56 Å². The molecule has 1 unspecified atom stereocenters. The van der Waals surface area contributed by atoms with Gasteiger partial charge in [0.05, 0.1) is 13.2 Å². The fourth-order valence-corrected chi connectivity index (χ4v) is 2.27. The molecule has 0 spiro atoms. The van der Waals surface area contributed by atoms with Crippen LogP contribution in [-0.4, -0.2) is 41.6 Å². The maximum absolute atomic E-state index is 11.1. The Balaban J connectivity index is 2.00. The summed E-state index contributed by atoms with van der Waals surface area (Å²) in [6.07, 6.45) is -2.60. The van der Waals surface area contributed by atoms with E-state index in [9.17, 15) is 15.0 Å². The van der Waals surface area contributed by atoms with Crippen LogP contribution in [0.3, 0.4) is 0 Å². The van der Waals surface area contributed by atoms with Crippen molar-refractivity contribution < 1.29 is 24.5 Å². The molecule has 0 saturated carbocycles. The standard InChI is InChI=1S/C14H18O5/c1-18-11(15)8-7-10-12(16)13(17)14(19-10)9-5-3-2-4-6-9/h2-6,10,12-14,16-17H,7-8H2,1H3/t10-,12+,13?,14+/m1/s1. The minimum absolute atomic E-state index is 0.159. The van der Waals surface area contributed by atoms with Crippen LogP contribution >= 0.6 is 0 Å². The molecule has 1 aliphatic rings. The van der Waals surface area contributed by atoms with Crippen molar-refractivity contribution in [1.82, 2.24) is 0 Å². The summed E-state index contributed by atoms with van der Waals surface area (Å²) in [5.41, 5.74) is 0.814. The van der Waals surface area contributed by atoms with Gasteiger partial charge in [0, 0.05) is 6.42 Å². The molecule has 0 aromatic heterocycles. The molecule has 2 N–H and O–H groups in total. The number of aliphatic hydroxyl groups is 2. The van der Waals surface area contributed by atoms with E-state index in [1.54, 1.807) is 0 Å². The minimum atomic E-state index is -0.991. The van der Waals surface area contributed by atoms with E-state index in [0.29, 0.717) is 6.42 Å². The fraction of sp³-hybridized carbons (Fsp3) is 0.500. The third kappa shape index (κ3) is 3.12. The van der Waals surface area contributed by atoms with Crippen molar-refractivity contribution in [3.63, 3.8) is 0 Å². The molecule has 104 valence electrons. The average Bonchev–Trinajstić information content (AvgIpc) is 2.73. The van der Waals surface area contributed by atoms with Crippen LogP contribution in [0.5, 0.6) is 0 Å². The third-order valence-electron chi connectivity index (χ3n) is 3.35. The van der Waals surface area contributed by atoms with E-state index in [2.05, 4.69) is 4.74 Å². The summed E-state index contributed by atoms with van der Waals surface area (Å²) in [5.74, 6) is -0.353. The van der Waals surface area contributed by atoms with Gasteiger partial charge in [0.15, 0.2) is 0 Å². The van der Waals surface area contributed by atoms with Gasteiger partial charge in [0.1, 0.15) is 18.3 Å². The second-order valence-electron chi connectivity index (χ2n) is 4.60. The largest absolute Gasteiger partial charge is 0.469 e. The summed E-state index contributed by atoms with van der Waals surface area (Å²) in [4.78, 5) is 11.1. The molecular weight excluding hydrogens is 248 g/mol. The van der Waals surface area contributed by atoms with Crippen LogP contribution < -0.4 is 0 Å². The predicted molar refractivity (Wildman–Crippen MR) is 67.3 cm³/mol. The van der Waals surface area contributed by atoms with Crippen LogP contribution in [0.15, 0.2) is 30.3 Å². The molecular formula is C14H18O5. The van der Waals surface area contributed by atoms with Gasteiger partial charge in [0.2, 0.25) is 0 Å². The average molecular weight is 266 g/mol. The molecule has 0 bridgehead atoms. The Morgan fingerprint density at radius 2 is 1.95 bits per heavy atom. The van der Waals surface area contributed by atoms with Crippen LogP contribution in [0.1, 0.15) is 24.5 Å². The molecule has 1 fully saturated rings. The molecule has 1 heterocycles. The molecule has 1 aromatic rings. The maximum atomic E-state index is 11.1. The number of hydrogen-bond donors (Lipinski definition) is 2. The lowest BCUT2D eigenvalue weighted by atomic mass is 10.0. The first-order valence-electron chi connectivity index (χ1n) is 6.27. The number of rotatable bonds is 4. The van der Waals surface area contributed by atoms with Gasteiger partial charge < -0.3 is 19.7 Å². The molecule has 0 radical (unpaired) electrons. The number of aliphatic hydroxyl groups excluding tert-OH is 2. The third-order valence-corrected chi connectivity index (χ3v) is 3.35. The normalized spacial score (nSPS) is 30.3. The summed E-state index contributed by atoms with van der Waals surface area (Å²) in [6.45, 7) is 0. The first-order chi connectivity index (χ1) is 9.13. The highest BCUT2D eigenvalue weighted by molar-refractivity contribution is 5.69. The number of carbonyl (C=O) groups excluding carboxylic acids is 1. The van der Waals surface area contributed by atoms with Crippen molar-refractivity contribution in [2.75, 3.05) is 7.11 Å². The fourth-order valence-electron chi connectivity index (χ4n) is 2.27. The molecule has 5 nitrogen and oxygen atoms in total. The van der Waals surface area contributed by atoms with E-state index < -0.39 is 24.4 Å². The summed E-state index contributed by atoms with van der Waals surface area (Å²) >= 11 is 0. The zero-order valence-electron chi connectivity index (χ0n) is 10.7. The second-order valence-corrected chi connectivity index (χ2v) is 4.60. The Kier molecular flexibility index (Phi) is 4.52. The Morgan fingerprint density at radius 3 is 2.58 bits per heavy atom. The zero-order valence-corrected chi connectivity index (χ0v) is 10.7. The smallest absolute Gasteiger partial charge is 0.305 e. The molecule has 1 aromatic carbocycles. The number of methoxy groups -OCH3 is 1. The van der Waals surface area contributed by atoms with Crippen molar-refractivity contribution in [1.29, 1.82) is 0 Å². The SMILES string of the molecule is COC(=O)CC[C@H]1O[C@@H](c2ccccc2)C(O)[C@H]1O. The monoisotopic (exact) mass is 266 g/mol. The number of carbonyl (C=O) groups is 1. The van der Waals surface area contributed by atoms with Gasteiger partial charge in [-0.25, -0.2) is 0 Å². The van der Waals surface area contributed by atoms with E-state index in [1.807, 2.05) is 30.3 Å². The molecule has 5 heteroatoms. The Morgan fingerprint density at radius 1 is 1.26 bits per heavy atom. The summed E-state index contributed by atoms with van der Waals surface area (Å²) in [6, 6.07) is 9.24. The number of ether oxygens (including phenoxy) is 2. The Bertz CT molecular complexity index is 419. The van der Waals surface area contributed by atoms with E-state index in [4.69, 9.17) is 4.74 Å². The maximum Gasteiger partial charge on any atom is 0.305 e. The first-order valence-corrected chi connectivity index (χ1v) is 6.27. The van der Waals surface area contributed by atoms with Crippen molar-refractivity contribution in [3.05, 3.63) is 35.9 Å². The highest BCUT2D eigenvalue weighted by atomic mass is 16.5. The number of hydrogen-bond acceptors (Lipinski definition) is 5. The molecule has 0 aliphatic carbocycles. The van der Waals surface area contributed by atoms with Crippen molar-refractivity contribution >= 4 is 5.97 Å². The Labute approximate surface area is 111 Å². The van der Waals surface area contributed by atoms with Crippen molar-refractivity contribution in [2.24, 2.45) is 0 Å². The number of esters is 1. The predicted octanol–water partition coefficient (Wildman–Crippen LogP) is 0.801. The highest BCUT2D eigenvalue weighted by Crippen LogP contribution is 2.35. The quantitative estimate of drug-likeness (QED) is 0.788. The topological polar surface area (TPSA) is 76.0 Å². The molecule has 2 rings (SSSR count).